The maximum Gasteiger partial charge on any atom is 0.282 e. The van der Waals surface area contributed by atoms with Crippen LogP contribution in [0.5, 0.6) is 0 Å². The van der Waals surface area contributed by atoms with Crippen LogP contribution in [0.4, 0.5) is 11.4 Å². The molecule has 0 bridgehead atoms. The molecule has 1 heterocycles. The second-order valence-corrected chi connectivity index (χ2v) is 6.98. The molecule has 0 radical (unpaired) electrons. The minimum Gasteiger partial charge on any atom is -0.376 e. The average Bonchev–Trinajstić information content (AvgIpc) is 3.26. The monoisotopic (exact) mass is 428 g/mol. The zero-order chi connectivity index (χ0) is 21.5. The standard InChI is InChI=1S/C20H20N4O5S/c25-18(21-12-13-6-5-11-29-13)14-7-1-3-9-16(14)22-20(30)23-19(26)15-8-2-4-10-17(15)24(27)28/h1-4,7-10,13H,5-6,11-12H2,(H,21,25)(H2,22,23,26,30). The van der Waals surface area contributed by atoms with Gasteiger partial charge in [0.2, 0.25) is 0 Å². The smallest absolute Gasteiger partial charge is 0.282 e. The number of thiocarbonyl (C=S) groups is 1. The van der Waals surface area contributed by atoms with Crippen LogP contribution in [-0.2, 0) is 4.74 Å². The lowest BCUT2D eigenvalue weighted by atomic mass is 10.1. The number of nitro groups is 1. The number of anilines is 1. The summed E-state index contributed by atoms with van der Waals surface area (Å²) in [5, 5.41) is 19.1. The van der Waals surface area contributed by atoms with Crippen LogP contribution in [0.3, 0.4) is 0 Å². The molecule has 1 aliphatic heterocycles. The third-order valence-electron chi connectivity index (χ3n) is 4.51. The number of nitrogens with zero attached hydrogens (tertiary/aromatic N) is 1. The highest BCUT2D eigenvalue weighted by molar-refractivity contribution is 7.80. The van der Waals surface area contributed by atoms with E-state index >= 15 is 0 Å². The largest absolute Gasteiger partial charge is 0.376 e. The number of hydrogen-bond acceptors (Lipinski definition) is 6. The number of carbonyl (C=O) groups excluding carboxylic acids is 2. The van der Waals surface area contributed by atoms with Gasteiger partial charge in [-0.1, -0.05) is 24.3 Å². The number of nitro benzene ring substituents is 1. The van der Waals surface area contributed by atoms with Crippen molar-refractivity contribution in [2.24, 2.45) is 0 Å². The lowest BCUT2D eigenvalue weighted by molar-refractivity contribution is -0.385. The topological polar surface area (TPSA) is 123 Å². The highest BCUT2D eigenvalue weighted by Gasteiger charge is 2.21. The molecule has 9 nitrogen and oxygen atoms in total. The molecule has 2 aromatic carbocycles. The Morgan fingerprint density at radius 1 is 1.10 bits per heavy atom. The Labute approximate surface area is 178 Å². The van der Waals surface area contributed by atoms with Crippen molar-refractivity contribution in [3.05, 3.63) is 69.8 Å². The number of nitrogens with one attached hydrogen (secondary N) is 3. The molecule has 1 fully saturated rings. The Kier molecular flexibility index (Phi) is 7.04. The molecule has 1 atom stereocenters. The summed E-state index contributed by atoms with van der Waals surface area (Å²) in [7, 11) is 0. The number of carbonyl (C=O) groups is 2. The molecule has 2 aromatic rings. The van der Waals surface area contributed by atoms with E-state index in [1.54, 1.807) is 24.3 Å². The molecule has 1 aliphatic rings. The van der Waals surface area contributed by atoms with Crippen LogP contribution in [0, 0.1) is 10.1 Å². The average molecular weight is 428 g/mol. The molecular weight excluding hydrogens is 408 g/mol. The molecular formula is C20H20N4O5S. The number of ether oxygens (including phenoxy) is 1. The summed E-state index contributed by atoms with van der Waals surface area (Å²) in [6.07, 6.45) is 1.89. The quantitative estimate of drug-likeness (QED) is 0.367. The molecule has 10 heteroatoms. The Morgan fingerprint density at radius 2 is 1.80 bits per heavy atom. The van der Waals surface area contributed by atoms with Crippen molar-refractivity contribution in [2.75, 3.05) is 18.5 Å². The van der Waals surface area contributed by atoms with E-state index in [1.165, 1.54) is 24.3 Å². The van der Waals surface area contributed by atoms with E-state index in [1.807, 2.05) is 0 Å². The fourth-order valence-corrected chi connectivity index (χ4v) is 3.25. The van der Waals surface area contributed by atoms with E-state index in [-0.39, 0.29) is 28.4 Å². The highest BCUT2D eigenvalue weighted by Crippen LogP contribution is 2.18. The molecule has 0 saturated carbocycles. The second-order valence-electron chi connectivity index (χ2n) is 6.57. The molecule has 156 valence electrons. The normalized spacial score (nSPS) is 15.3. The summed E-state index contributed by atoms with van der Waals surface area (Å²) in [6.45, 7) is 1.11. The fourth-order valence-electron chi connectivity index (χ4n) is 3.05. The minimum absolute atomic E-state index is 0.0103. The summed E-state index contributed by atoms with van der Waals surface area (Å²) in [5.41, 5.74) is 0.300. The Bertz CT molecular complexity index is 975. The van der Waals surface area contributed by atoms with Gasteiger partial charge in [0, 0.05) is 19.2 Å². The molecule has 30 heavy (non-hydrogen) atoms. The molecule has 1 saturated heterocycles. The first-order chi connectivity index (χ1) is 14.5. The number of para-hydroxylation sites is 2. The maximum atomic E-state index is 12.6. The SMILES string of the molecule is O=C(NCC1CCCO1)c1ccccc1NC(=S)NC(=O)c1ccccc1[N+](=O)[O-]. The van der Waals surface area contributed by atoms with E-state index in [9.17, 15) is 19.7 Å². The van der Waals surface area contributed by atoms with Gasteiger partial charge in [-0.05, 0) is 43.3 Å². The van der Waals surface area contributed by atoms with E-state index in [0.717, 1.165) is 12.8 Å². The van der Waals surface area contributed by atoms with Crippen molar-refractivity contribution in [3.8, 4) is 0 Å². The first kappa shape index (κ1) is 21.3. The number of rotatable bonds is 6. The Hall–Kier alpha value is -3.37. The molecule has 2 amide bonds. The summed E-state index contributed by atoms with van der Waals surface area (Å²) < 4.78 is 5.50. The van der Waals surface area contributed by atoms with Crippen molar-refractivity contribution in [1.29, 1.82) is 0 Å². The van der Waals surface area contributed by atoms with Crippen molar-refractivity contribution >= 4 is 40.5 Å². The zero-order valence-electron chi connectivity index (χ0n) is 15.9. The van der Waals surface area contributed by atoms with Gasteiger partial charge in [0.25, 0.3) is 17.5 Å². The Morgan fingerprint density at radius 3 is 2.50 bits per heavy atom. The van der Waals surface area contributed by atoms with Gasteiger partial charge in [-0.3, -0.25) is 25.0 Å². The maximum absolute atomic E-state index is 12.6. The molecule has 3 N–H and O–H groups in total. The number of benzene rings is 2. The summed E-state index contributed by atoms with van der Waals surface area (Å²) in [4.78, 5) is 35.4. The van der Waals surface area contributed by atoms with Gasteiger partial charge in [-0.25, -0.2) is 0 Å². The van der Waals surface area contributed by atoms with Gasteiger partial charge >= 0.3 is 0 Å². The van der Waals surface area contributed by atoms with Gasteiger partial charge in [-0.2, -0.15) is 0 Å². The van der Waals surface area contributed by atoms with Gasteiger partial charge in [0.1, 0.15) is 5.56 Å². The van der Waals surface area contributed by atoms with Crippen molar-refractivity contribution in [1.82, 2.24) is 10.6 Å². The summed E-state index contributed by atoms with van der Waals surface area (Å²) in [5.74, 6) is -1.03. The van der Waals surface area contributed by atoms with Crippen LogP contribution in [-0.4, -0.2) is 41.1 Å². The van der Waals surface area contributed by atoms with E-state index in [0.29, 0.717) is 24.4 Å². The van der Waals surface area contributed by atoms with Crippen molar-refractivity contribution in [3.63, 3.8) is 0 Å². The zero-order valence-corrected chi connectivity index (χ0v) is 16.7. The first-order valence-corrected chi connectivity index (χ1v) is 9.71. The molecule has 3 rings (SSSR count). The number of hydrogen-bond donors (Lipinski definition) is 3. The van der Waals surface area contributed by atoms with Crippen LogP contribution >= 0.6 is 12.2 Å². The van der Waals surface area contributed by atoms with Crippen LogP contribution in [0.2, 0.25) is 0 Å². The summed E-state index contributed by atoms with van der Waals surface area (Å²) in [6, 6.07) is 12.3. The highest BCUT2D eigenvalue weighted by atomic mass is 32.1. The molecule has 1 unspecified atom stereocenters. The molecule has 0 aromatic heterocycles. The number of amides is 2. The van der Waals surface area contributed by atoms with Gasteiger partial charge in [-0.15, -0.1) is 0 Å². The van der Waals surface area contributed by atoms with Gasteiger partial charge in [0.05, 0.1) is 22.3 Å². The lowest BCUT2D eigenvalue weighted by Gasteiger charge is -2.15. The minimum atomic E-state index is -0.722. The van der Waals surface area contributed by atoms with Crippen LogP contribution in [0.25, 0.3) is 0 Å². The van der Waals surface area contributed by atoms with Crippen LogP contribution < -0.4 is 16.0 Å². The van der Waals surface area contributed by atoms with E-state index in [4.69, 9.17) is 17.0 Å². The van der Waals surface area contributed by atoms with Crippen molar-refractivity contribution in [2.45, 2.75) is 18.9 Å². The first-order valence-electron chi connectivity index (χ1n) is 9.30. The third-order valence-corrected chi connectivity index (χ3v) is 4.71. The van der Waals surface area contributed by atoms with Crippen LogP contribution in [0.1, 0.15) is 33.6 Å². The van der Waals surface area contributed by atoms with E-state index in [2.05, 4.69) is 16.0 Å². The summed E-state index contributed by atoms with van der Waals surface area (Å²) >= 11 is 5.15. The predicted octanol–water partition coefficient (Wildman–Crippen LogP) is 2.63. The van der Waals surface area contributed by atoms with E-state index < -0.39 is 10.8 Å². The lowest BCUT2D eigenvalue weighted by Crippen LogP contribution is -2.36. The fraction of sp³-hybridized carbons (Fsp3) is 0.250. The van der Waals surface area contributed by atoms with Gasteiger partial charge < -0.3 is 15.4 Å². The predicted molar refractivity (Wildman–Crippen MR) is 115 cm³/mol. The second kappa shape index (κ2) is 9.90. The molecule has 0 aliphatic carbocycles. The third kappa shape index (κ3) is 5.37. The molecule has 0 spiro atoms. The Balaban J connectivity index is 1.65. The van der Waals surface area contributed by atoms with Gasteiger partial charge in [0.15, 0.2) is 5.11 Å². The van der Waals surface area contributed by atoms with Crippen LogP contribution in [0.15, 0.2) is 48.5 Å². The van der Waals surface area contributed by atoms with Crippen molar-refractivity contribution < 1.29 is 19.2 Å².